The van der Waals surface area contributed by atoms with Crippen LogP contribution in [0.5, 0.6) is 0 Å². The fourth-order valence-corrected chi connectivity index (χ4v) is 6.62. The standard InChI is InChI=1S/C34H35F3N4O/c35-34(36,37)24-39-32(42)33(29-13-3-1-11-27(29)28-12-2-4-14-30(28)33)16-5-6-18-40-19-21-41(22-20-40)26-10-7-9-25(23-26)31-15-8-17-38-31/h1-4,7-15,17,23,38H,5-6,16,18-22,24H2,(H,39,42). The van der Waals surface area contributed by atoms with Gasteiger partial charge in [-0.05, 0) is 71.5 Å². The van der Waals surface area contributed by atoms with Gasteiger partial charge in [0.05, 0.1) is 0 Å². The highest BCUT2D eigenvalue weighted by Crippen LogP contribution is 2.51. The van der Waals surface area contributed by atoms with Crippen LogP contribution in [0.4, 0.5) is 18.9 Å². The number of alkyl halides is 3. The predicted molar refractivity (Wildman–Crippen MR) is 160 cm³/mol. The molecule has 3 aromatic carbocycles. The molecule has 2 N–H and O–H groups in total. The summed E-state index contributed by atoms with van der Waals surface area (Å²) >= 11 is 0. The zero-order valence-electron chi connectivity index (χ0n) is 23.5. The number of aromatic amines is 1. The van der Waals surface area contributed by atoms with Crippen molar-refractivity contribution in [3.63, 3.8) is 0 Å². The lowest BCUT2D eigenvalue weighted by molar-refractivity contribution is -0.141. The summed E-state index contributed by atoms with van der Waals surface area (Å²) in [6.07, 6.45) is -0.501. The summed E-state index contributed by atoms with van der Waals surface area (Å²) in [6.45, 7) is 3.29. The first-order valence-corrected chi connectivity index (χ1v) is 14.6. The van der Waals surface area contributed by atoms with Crippen molar-refractivity contribution >= 4 is 11.6 Å². The van der Waals surface area contributed by atoms with E-state index in [9.17, 15) is 18.0 Å². The maximum absolute atomic E-state index is 13.7. The van der Waals surface area contributed by atoms with Crippen molar-refractivity contribution in [2.24, 2.45) is 0 Å². The smallest absolute Gasteiger partial charge is 0.369 e. The Bertz CT molecular complexity index is 1480. The third-order valence-corrected chi connectivity index (χ3v) is 8.67. The van der Waals surface area contributed by atoms with Crippen LogP contribution in [0.15, 0.2) is 91.1 Å². The maximum Gasteiger partial charge on any atom is 0.405 e. The number of nitrogens with zero attached hydrogens (tertiary/aromatic N) is 2. The van der Waals surface area contributed by atoms with Gasteiger partial charge in [0.15, 0.2) is 0 Å². The van der Waals surface area contributed by atoms with Crippen LogP contribution in [-0.2, 0) is 10.2 Å². The van der Waals surface area contributed by atoms with E-state index >= 15 is 0 Å². The van der Waals surface area contributed by atoms with Crippen LogP contribution < -0.4 is 10.2 Å². The molecule has 1 aliphatic carbocycles. The molecule has 1 aromatic heterocycles. The van der Waals surface area contributed by atoms with Gasteiger partial charge in [-0.3, -0.25) is 9.69 Å². The SMILES string of the molecule is O=C(NCC(F)(F)F)C1(CCCCN2CCN(c3cccc(-c4ccc[nH]4)c3)CC2)c2ccccc2-c2ccccc21. The van der Waals surface area contributed by atoms with Crippen LogP contribution in [0.3, 0.4) is 0 Å². The summed E-state index contributed by atoms with van der Waals surface area (Å²) < 4.78 is 39.4. The van der Waals surface area contributed by atoms with Gasteiger partial charge in [-0.25, -0.2) is 0 Å². The highest BCUT2D eigenvalue weighted by molar-refractivity contribution is 6.00. The van der Waals surface area contributed by atoms with Gasteiger partial charge in [-0.15, -0.1) is 0 Å². The second-order valence-corrected chi connectivity index (χ2v) is 11.2. The monoisotopic (exact) mass is 572 g/mol. The lowest BCUT2D eigenvalue weighted by Gasteiger charge is -2.36. The van der Waals surface area contributed by atoms with E-state index in [1.54, 1.807) is 0 Å². The number of benzene rings is 3. The molecule has 0 bridgehead atoms. The number of carbonyl (C=O) groups excluding carboxylic acids is 1. The van der Waals surface area contributed by atoms with Crippen LogP contribution >= 0.6 is 0 Å². The van der Waals surface area contributed by atoms with E-state index in [0.29, 0.717) is 6.42 Å². The number of anilines is 1. The molecule has 2 aliphatic rings. The number of piperazine rings is 1. The van der Waals surface area contributed by atoms with Gasteiger partial charge >= 0.3 is 6.18 Å². The van der Waals surface area contributed by atoms with Gasteiger partial charge in [-0.2, -0.15) is 13.2 Å². The molecule has 0 saturated carbocycles. The molecule has 42 heavy (non-hydrogen) atoms. The first-order valence-electron chi connectivity index (χ1n) is 14.6. The van der Waals surface area contributed by atoms with Crippen LogP contribution in [0.25, 0.3) is 22.4 Å². The quantitative estimate of drug-likeness (QED) is 0.222. The summed E-state index contributed by atoms with van der Waals surface area (Å²) in [5.41, 5.74) is 5.78. The Kier molecular flexibility index (Phi) is 7.82. The summed E-state index contributed by atoms with van der Waals surface area (Å²) in [6, 6.07) is 27.9. The van der Waals surface area contributed by atoms with Gasteiger partial charge in [-0.1, -0.05) is 67.1 Å². The molecular weight excluding hydrogens is 537 g/mol. The van der Waals surface area contributed by atoms with Crippen molar-refractivity contribution in [2.75, 3.05) is 44.2 Å². The Hall–Kier alpha value is -4.04. The number of amides is 1. The molecule has 0 radical (unpaired) electrons. The van der Waals surface area contributed by atoms with Gasteiger partial charge in [0.1, 0.15) is 12.0 Å². The van der Waals surface area contributed by atoms with Crippen molar-refractivity contribution in [1.82, 2.24) is 15.2 Å². The third kappa shape index (κ3) is 5.55. The Morgan fingerprint density at radius 1 is 0.833 bits per heavy atom. The molecule has 5 nitrogen and oxygen atoms in total. The van der Waals surface area contributed by atoms with Gasteiger partial charge in [0.25, 0.3) is 0 Å². The van der Waals surface area contributed by atoms with Gasteiger partial charge < -0.3 is 15.2 Å². The molecule has 218 valence electrons. The van der Waals surface area contributed by atoms with Crippen molar-refractivity contribution in [1.29, 1.82) is 0 Å². The molecule has 2 heterocycles. The molecule has 1 aliphatic heterocycles. The normalized spacial score (nSPS) is 16.2. The number of halogens is 3. The second kappa shape index (κ2) is 11.7. The number of fused-ring (bicyclic) bond motifs is 3. The van der Waals surface area contributed by atoms with Crippen molar-refractivity contribution < 1.29 is 18.0 Å². The molecule has 1 saturated heterocycles. The molecule has 1 amide bonds. The van der Waals surface area contributed by atoms with E-state index in [4.69, 9.17) is 0 Å². The first-order chi connectivity index (χ1) is 20.3. The molecule has 1 fully saturated rings. The molecule has 6 rings (SSSR count). The van der Waals surface area contributed by atoms with E-state index in [0.717, 1.165) is 73.5 Å². The average Bonchev–Trinajstić information content (AvgIpc) is 3.65. The fourth-order valence-electron chi connectivity index (χ4n) is 6.62. The summed E-state index contributed by atoms with van der Waals surface area (Å²) in [4.78, 5) is 21.8. The zero-order chi connectivity index (χ0) is 29.2. The number of unbranched alkanes of at least 4 members (excludes halogenated alkanes) is 1. The van der Waals surface area contributed by atoms with E-state index in [1.165, 1.54) is 11.3 Å². The van der Waals surface area contributed by atoms with Crippen LogP contribution in [-0.4, -0.2) is 61.2 Å². The summed E-state index contributed by atoms with van der Waals surface area (Å²) in [5, 5.41) is 2.23. The number of rotatable bonds is 9. The van der Waals surface area contributed by atoms with Crippen molar-refractivity contribution in [2.45, 2.75) is 30.9 Å². The highest BCUT2D eigenvalue weighted by Gasteiger charge is 2.49. The Labute approximate surface area is 244 Å². The third-order valence-electron chi connectivity index (χ3n) is 8.67. The van der Waals surface area contributed by atoms with Crippen LogP contribution in [0, 0.1) is 0 Å². The minimum atomic E-state index is -4.47. The summed E-state index contributed by atoms with van der Waals surface area (Å²) in [5.74, 6) is -0.576. The lowest BCUT2D eigenvalue weighted by Crippen LogP contribution is -2.47. The number of hydrogen-bond donors (Lipinski definition) is 2. The van der Waals surface area contributed by atoms with E-state index in [-0.39, 0.29) is 0 Å². The topological polar surface area (TPSA) is 51.4 Å². The fraction of sp³-hybridized carbons (Fsp3) is 0.324. The minimum absolute atomic E-state index is 0.455. The lowest BCUT2D eigenvalue weighted by atomic mass is 9.73. The van der Waals surface area contributed by atoms with Crippen LogP contribution in [0.1, 0.15) is 30.4 Å². The van der Waals surface area contributed by atoms with E-state index in [1.807, 2.05) is 60.8 Å². The highest BCUT2D eigenvalue weighted by atomic mass is 19.4. The van der Waals surface area contributed by atoms with Crippen LogP contribution in [0.2, 0.25) is 0 Å². The Balaban J connectivity index is 1.10. The molecule has 8 heteroatoms. The largest absolute Gasteiger partial charge is 0.405 e. The average molecular weight is 573 g/mol. The molecule has 0 atom stereocenters. The zero-order valence-corrected chi connectivity index (χ0v) is 23.5. The number of H-pyrrole nitrogens is 1. The van der Waals surface area contributed by atoms with Crippen molar-refractivity contribution in [3.8, 4) is 22.4 Å². The van der Waals surface area contributed by atoms with Crippen molar-refractivity contribution in [3.05, 3.63) is 102 Å². The van der Waals surface area contributed by atoms with Gasteiger partial charge in [0.2, 0.25) is 5.91 Å². The van der Waals surface area contributed by atoms with Gasteiger partial charge in [0, 0.05) is 43.8 Å². The van der Waals surface area contributed by atoms with E-state index in [2.05, 4.69) is 50.4 Å². The number of carbonyl (C=O) groups is 1. The maximum atomic E-state index is 13.7. The second-order valence-electron chi connectivity index (χ2n) is 11.2. The number of aromatic nitrogens is 1. The number of hydrogen-bond acceptors (Lipinski definition) is 3. The van der Waals surface area contributed by atoms with E-state index < -0.39 is 24.0 Å². The first kappa shape index (κ1) is 28.1. The Morgan fingerprint density at radius 3 is 2.17 bits per heavy atom. The predicted octanol–water partition coefficient (Wildman–Crippen LogP) is 6.62. The summed E-state index contributed by atoms with van der Waals surface area (Å²) in [7, 11) is 0. The molecule has 0 spiro atoms. The molecular formula is C34H35F3N4O. The molecule has 4 aromatic rings. The Morgan fingerprint density at radius 2 is 1.52 bits per heavy atom. The minimum Gasteiger partial charge on any atom is -0.369 e. The number of nitrogens with one attached hydrogen (secondary N) is 2. The molecule has 0 unspecified atom stereocenters.